The molecule has 0 unspecified atom stereocenters. The summed E-state index contributed by atoms with van der Waals surface area (Å²) in [5, 5.41) is -7.81. The first-order valence-corrected chi connectivity index (χ1v) is 13.0. The van der Waals surface area contributed by atoms with Crippen molar-refractivity contribution in [3.05, 3.63) is 24.3 Å². The number of rotatable bonds is 15. The standard InChI is InChI=1S/C21H15F21O3S.Na.H/c1-2-3-4-9-45-10-5-7-11(8-6-10)46(43,44)21(41,42)19(36,37)17(32,33)15(28,29)13(24,25)12(22,23)14(26,27)16(30,31)18(34,35)20(38,39)40;;/h5-8H,2-4,9H2,1H3;;/q;+1;-1. The van der Waals surface area contributed by atoms with Gasteiger partial charge in [-0.2, -0.15) is 92.2 Å². The quantitative estimate of drug-likeness (QED) is 0.118. The summed E-state index contributed by atoms with van der Waals surface area (Å²) in [4.78, 5) is -2.20. The van der Waals surface area contributed by atoms with E-state index in [0.29, 0.717) is 31.4 Å². The molecule has 0 saturated carbocycles. The van der Waals surface area contributed by atoms with E-state index in [-0.39, 0.29) is 49.7 Å². The van der Waals surface area contributed by atoms with Gasteiger partial charge in [-0.3, -0.25) is 0 Å². The van der Waals surface area contributed by atoms with Crippen molar-refractivity contribution in [1.82, 2.24) is 0 Å². The average molecular weight is 770 g/mol. The second-order valence-electron chi connectivity index (χ2n) is 9.14. The number of unbranched alkanes of at least 4 members (excludes halogenated alkanes) is 2. The van der Waals surface area contributed by atoms with Gasteiger partial charge in [0.1, 0.15) is 5.75 Å². The molecule has 0 N–H and O–H groups in total. The Bertz CT molecular complexity index is 1330. The maximum atomic E-state index is 14.4. The first-order valence-electron chi connectivity index (χ1n) is 11.5. The monoisotopic (exact) mass is 770 g/mol. The molecule has 1 rings (SSSR count). The maximum absolute atomic E-state index is 14.4. The van der Waals surface area contributed by atoms with Crippen LogP contribution in [0.5, 0.6) is 5.75 Å². The Kier molecular flexibility index (Phi) is 12.9. The van der Waals surface area contributed by atoms with Crippen molar-refractivity contribution >= 4 is 9.84 Å². The fourth-order valence-corrected chi connectivity index (χ4v) is 4.37. The minimum atomic E-state index is -9.36. The van der Waals surface area contributed by atoms with Crippen LogP contribution in [0, 0.1) is 0 Å². The topological polar surface area (TPSA) is 43.4 Å². The molecule has 0 saturated heterocycles. The smallest absolute Gasteiger partial charge is 1.00 e. The zero-order valence-corrected chi connectivity index (χ0v) is 25.5. The van der Waals surface area contributed by atoms with E-state index < -0.39 is 79.3 Å². The van der Waals surface area contributed by atoms with Gasteiger partial charge in [0.25, 0.3) is 0 Å². The number of benzene rings is 1. The Morgan fingerprint density at radius 3 is 1.17 bits per heavy atom. The van der Waals surface area contributed by atoms with Crippen LogP contribution in [0.3, 0.4) is 0 Å². The molecule has 0 aromatic heterocycles. The van der Waals surface area contributed by atoms with E-state index in [0.717, 1.165) is 0 Å². The molecule has 26 heteroatoms. The summed E-state index contributed by atoms with van der Waals surface area (Å²) in [5.74, 6) is -72.8. The molecule has 0 radical (unpaired) electrons. The molecule has 1 aromatic carbocycles. The van der Waals surface area contributed by atoms with E-state index in [1.165, 1.54) is 0 Å². The third-order valence-electron chi connectivity index (χ3n) is 5.97. The van der Waals surface area contributed by atoms with Crippen molar-refractivity contribution in [2.24, 2.45) is 0 Å². The minimum absolute atomic E-state index is 0. The Hall–Kier alpha value is -1.50. The predicted octanol–water partition coefficient (Wildman–Crippen LogP) is 6.38. The zero-order chi connectivity index (χ0) is 37.0. The van der Waals surface area contributed by atoms with E-state index in [4.69, 9.17) is 4.74 Å². The summed E-state index contributed by atoms with van der Waals surface area (Å²) >= 11 is 0. The maximum Gasteiger partial charge on any atom is 1.00 e. The first kappa shape index (κ1) is 45.5. The second kappa shape index (κ2) is 13.3. The number of ether oxygens (including phenoxy) is 1. The largest absolute Gasteiger partial charge is 1.00 e. The Morgan fingerprint density at radius 1 is 0.532 bits per heavy atom. The Balaban J connectivity index is 0. The molecule has 0 atom stereocenters. The third-order valence-corrected chi connectivity index (χ3v) is 7.79. The SMILES string of the molecule is CCCCCOc1ccc(S(=O)(=O)C(F)(F)C(F)(F)C(F)(F)C(F)(F)C(F)(F)C(F)(F)C(F)(F)C(F)(F)C(F)(F)C(F)(F)F)cc1.[H-].[Na+]. The summed E-state index contributed by atoms with van der Waals surface area (Å²) in [6.07, 6.45) is -6.56. The van der Waals surface area contributed by atoms with Crippen LogP contribution >= 0.6 is 0 Å². The molecular formula is C21H16F21NaO3S. The minimum Gasteiger partial charge on any atom is -1.00 e. The van der Waals surface area contributed by atoms with Gasteiger partial charge in [-0.15, -0.1) is 0 Å². The molecule has 47 heavy (non-hydrogen) atoms. The summed E-state index contributed by atoms with van der Waals surface area (Å²) in [5.41, 5.74) is 0. The molecule has 0 aliphatic heterocycles. The molecule has 272 valence electrons. The average Bonchev–Trinajstić information content (AvgIpc) is 2.89. The summed E-state index contributed by atoms with van der Waals surface area (Å²) < 4.78 is 313. The zero-order valence-electron chi connectivity index (χ0n) is 23.7. The number of halogens is 21. The van der Waals surface area contributed by atoms with Crippen molar-refractivity contribution in [2.75, 3.05) is 6.61 Å². The van der Waals surface area contributed by atoms with E-state index >= 15 is 0 Å². The predicted molar refractivity (Wildman–Crippen MR) is 110 cm³/mol. The molecule has 0 amide bonds. The second-order valence-corrected chi connectivity index (χ2v) is 11.1. The molecular weight excluding hydrogens is 754 g/mol. The van der Waals surface area contributed by atoms with Gasteiger partial charge < -0.3 is 6.16 Å². The molecule has 0 heterocycles. The van der Waals surface area contributed by atoms with Gasteiger partial charge in [0.2, 0.25) is 9.84 Å². The number of sulfone groups is 1. The van der Waals surface area contributed by atoms with Gasteiger partial charge in [0.05, 0.1) is 11.5 Å². The van der Waals surface area contributed by atoms with Crippen LogP contribution in [0.25, 0.3) is 0 Å². The van der Waals surface area contributed by atoms with Gasteiger partial charge in [0, 0.05) is 0 Å². The van der Waals surface area contributed by atoms with Crippen molar-refractivity contribution in [1.29, 1.82) is 0 Å². The fourth-order valence-electron chi connectivity index (χ4n) is 3.12. The first-order chi connectivity index (χ1) is 20.0. The van der Waals surface area contributed by atoms with Gasteiger partial charge >= 0.3 is 88.4 Å². The van der Waals surface area contributed by atoms with E-state index in [9.17, 15) is 101 Å². The molecule has 3 nitrogen and oxygen atoms in total. The van der Waals surface area contributed by atoms with Crippen LogP contribution in [0.1, 0.15) is 27.6 Å². The Morgan fingerprint density at radius 2 is 0.851 bits per heavy atom. The van der Waals surface area contributed by atoms with Gasteiger partial charge in [-0.1, -0.05) is 19.8 Å². The number of alkyl halides is 21. The van der Waals surface area contributed by atoms with Gasteiger partial charge in [-0.05, 0) is 30.7 Å². The molecule has 0 fully saturated rings. The van der Waals surface area contributed by atoms with E-state index in [2.05, 4.69) is 0 Å². The van der Waals surface area contributed by atoms with Crippen LogP contribution in [0.4, 0.5) is 92.2 Å². The normalized spacial score (nSPS) is 15.4. The van der Waals surface area contributed by atoms with Gasteiger partial charge in [-0.25, -0.2) is 8.42 Å². The third kappa shape index (κ3) is 6.58. The summed E-state index contributed by atoms with van der Waals surface area (Å²) in [6, 6.07) is 0.509. The molecule has 0 bridgehead atoms. The fraction of sp³-hybridized carbons (Fsp3) is 0.714. The van der Waals surface area contributed by atoms with Crippen LogP contribution in [0.2, 0.25) is 0 Å². The van der Waals surface area contributed by atoms with Crippen molar-refractivity contribution < 1.29 is 136 Å². The van der Waals surface area contributed by atoms with Crippen LogP contribution in [-0.4, -0.2) is 73.8 Å². The van der Waals surface area contributed by atoms with Crippen molar-refractivity contribution in [3.8, 4) is 5.75 Å². The molecule has 0 aliphatic carbocycles. The van der Waals surface area contributed by atoms with Crippen LogP contribution < -0.4 is 34.3 Å². The van der Waals surface area contributed by atoms with Crippen LogP contribution in [-0.2, 0) is 9.84 Å². The van der Waals surface area contributed by atoms with E-state index in [1.807, 2.05) is 0 Å². The molecule has 0 spiro atoms. The van der Waals surface area contributed by atoms with Gasteiger partial charge in [0.15, 0.2) is 0 Å². The van der Waals surface area contributed by atoms with Crippen LogP contribution in [0.15, 0.2) is 29.2 Å². The number of hydrogen-bond donors (Lipinski definition) is 0. The van der Waals surface area contributed by atoms with Crippen molar-refractivity contribution in [3.63, 3.8) is 0 Å². The van der Waals surface area contributed by atoms with Crippen molar-refractivity contribution in [2.45, 2.75) is 89.9 Å². The van der Waals surface area contributed by atoms with E-state index in [1.54, 1.807) is 6.92 Å². The molecule has 0 aliphatic rings. The molecule has 1 aromatic rings. The number of hydrogen-bond acceptors (Lipinski definition) is 3. The summed E-state index contributed by atoms with van der Waals surface area (Å²) in [7, 11) is -7.53. The Labute approximate surface area is 272 Å². The summed E-state index contributed by atoms with van der Waals surface area (Å²) in [6.45, 7) is 1.60.